The van der Waals surface area contributed by atoms with Gasteiger partial charge in [-0.25, -0.2) is 0 Å². The Hall–Kier alpha value is -0.560. The molecule has 0 nitrogen and oxygen atoms in total. The molecule has 0 aliphatic rings. The summed E-state index contributed by atoms with van der Waals surface area (Å²) in [4.78, 5) is 1.87. The van der Waals surface area contributed by atoms with E-state index < -0.39 is 0 Å². The summed E-state index contributed by atoms with van der Waals surface area (Å²) in [6.07, 6.45) is 2.04. The molecule has 0 aliphatic heterocycles. The molecule has 0 radical (unpaired) electrons. The summed E-state index contributed by atoms with van der Waals surface area (Å²) in [5.41, 5.74) is 2.57. The molecule has 0 unspecified atom stereocenters. The first-order chi connectivity index (χ1) is 4.84. The van der Waals surface area contributed by atoms with Crippen molar-refractivity contribution >= 4 is 22.0 Å². The Bertz CT molecular complexity index is 238. The molecule has 10 heavy (non-hydrogen) atoms. The van der Waals surface area contributed by atoms with Crippen molar-refractivity contribution in [3.63, 3.8) is 0 Å². The molecule has 0 saturated heterocycles. The highest BCUT2D eigenvalue weighted by molar-refractivity contribution is 9.11. The van der Waals surface area contributed by atoms with E-state index >= 15 is 0 Å². The second-order valence-electron chi connectivity index (χ2n) is 2.15. The quantitative estimate of drug-likeness (QED) is 0.647. The van der Waals surface area contributed by atoms with Crippen LogP contribution in [0.3, 0.4) is 0 Å². The van der Waals surface area contributed by atoms with Gasteiger partial charge in [0, 0.05) is 0 Å². The van der Waals surface area contributed by atoms with Crippen LogP contribution in [0.15, 0.2) is 29.3 Å². The Morgan fingerprint density at radius 3 is 2.60 bits per heavy atom. The van der Waals surface area contributed by atoms with Crippen molar-refractivity contribution in [3.05, 3.63) is 40.4 Å². The van der Waals surface area contributed by atoms with E-state index in [-0.39, 0.29) is 0 Å². The molecule has 1 aromatic rings. The fourth-order valence-electron chi connectivity index (χ4n) is 0.842. The second-order valence-corrected chi connectivity index (χ2v) is 2.68. The van der Waals surface area contributed by atoms with E-state index in [1.54, 1.807) is 0 Å². The molecule has 0 aromatic heterocycles. The van der Waals surface area contributed by atoms with E-state index in [4.69, 9.17) is 0 Å². The minimum atomic E-state index is 1.26. The summed E-state index contributed by atoms with van der Waals surface area (Å²) >= 11 is 3.24. The van der Waals surface area contributed by atoms with E-state index in [9.17, 15) is 0 Å². The Balaban J connectivity index is 3.03. The zero-order chi connectivity index (χ0) is 7.40. The minimum absolute atomic E-state index is 1.26. The highest BCUT2D eigenvalue weighted by Gasteiger charge is 1.88. The smallest absolute Gasteiger partial charge is 0.0183 e. The predicted molar refractivity (Wildman–Crippen MR) is 49.1 cm³/mol. The van der Waals surface area contributed by atoms with Gasteiger partial charge >= 0.3 is 0 Å². The molecule has 0 atom stereocenters. The van der Waals surface area contributed by atoms with E-state index in [0.29, 0.717) is 0 Å². The van der Waals surface area contributed by atoms with Crippen LogP contribution in [0.1, 0.15) is 11.1 Å². The lowest BCUT2D eigenvalue weighted by Crippen LogP contribution is -1.76. The minimum Gasteiger partial charge on any atom is -0.0620 e. The predicted octanol–water partition coefficient (Wildman–Crippen LogP) is 3.36. The second kappa shape index (κ2) is 3.57. The lowest BCUT2D eigenvalue weighted by Gasteiger charge is -1.95. The molecule has 0 saturated carbocycles. The molecule has 0 bridgehead atoms. The van der Waals surface area contributed by atoms with Gasteiger partial charge in [0.15, 0.2) is 0 Å². The van der Waals surface area contributed by atoms with Crippen LogP contribution in [0, 0.1) is 6.92 Å². The van der Waals surface area contributed by atoms with Crippen molar-refractivity contribution in [1.82, 2.24) is 0 Å². The molecule has 1 aromatic carbocycles. The van der Waals surface area contributed by atoms with Crippen LogP contribution in [0.2, 0.25) is 0 Å². The van der Waals surface area contributed by atoms with Crippen molar-refractivity contribution in [2.45, 2.75) is 6.92 Å². The van der Waals surface area contributed by atoms with Gasteiger partial charge in [-0.2, -0.15) is 0 Å². The molecule has 0 aliphatic carbocycles. The first-order valence-corrected chi connectivity index (χ1v) is 4.08. The van der Waals surface area contributed by atoms with Crippen molar-refractivity contribution in [2.24, 2.45) is 0 Å². The molecule has 0 N–H and O–H groups in total. The van der Waals surface area contributed by atoms with E-state index in [0.717, 1.165) is 0 Å². The van der Waals surface area contributed by atoms with Gasteiger partial charge in [0.2, 0.25) is 0 Å². The third kappa shape index (κ3) is 1.71. The number of halogens is 1. The van der Waals surface area contributed by atoms with Crippen molar-refractivity contribution in [1.29, 1.82) is 0 Å². The van der Waals surface area contributed by atoms with Gasteiger partial charge in [0.05, 0.1) is 0 Å². The van der Waals surface area contributed by atoms with Crippen LogP contribution < -0.4 is 0 Å². The molecular formula is C9H9Br. The first-order valence-electron chi connectivity index (χ1n) is 3.17. The van der Waals surface area contributed by atoms with Gasteiger partial charge in [-0.05, 0) is 29.1 Å². The number of hydrogen-bond donors (Lipinski definition) is 0. The van der Waals surface area contributed by atoms with Gasteiger partial charge in [0.25, 0.3) is 0 Å². The Labute approximate surface area is 69.7 Å². The zero-order valence-corrected chi connectivity index (χ0v) is 7.43. The number of benzene rings is 1. The molecule has 0 spiro atoms. The average Bonchev–Trinajstić information content (AvgIpc) is 1.94. The summed E-state index contributed by atoms with van der Waals surface area (Å²) in [6, 6.07) is 8.27. The van der Waals surface area contributed by atoms with Gasteiger partial charge in [-0.3, -0.25) is 0 Å². The summed E-state index contributed by atoms with van der Waals surface area (Å²) in [7, 11) is 0. The molecule has 0 fully saturated rings. The fraction of sp³-hybridized carbons (Fsp3) is 0.111. The first kappa shape index (κ1) is 7.55. The van der Waals surface area contributed by atoms with E-state index in [1.165, 1.54) is 11.1 Å². The van der Waals surface area contributed by atoms with Crippen molar-refractivity contribution < 1.29 is 0 Å². The zero-order valence-electron chi connectivity index (χ0n) is 5.84. The maximum atomic E-state index is 3.24. The molecule has 1 heteroatoms. The SMILES string of the molecule is Cc1ccccc1C=CBr. The number of hydrogen-bond acceptors (Lipinski definition) is 0. The average molecular weight is 197 g/mol. The molecule has 0 amide bonds. The van der Waals surface area contributed by atoms with Gasteiger partial charge in [-0.1, -0.05) is 40.2 Å². The third-order valence-corrected chi connectivity index (χ3v) is 1.70. The normalized spacial score (nSPS) is 10.6. The lowest BCUT2D eigenvalue weighted by atomic mass is 10.1. The van der Waals surface area contributed by atoms with Gasteiger partial charge < -0.3 is 0 Å². The maximum absolute atomic E-state index is 3.24. The summed E-state index contributed by atoms with van der Waals surface area (Å²) in [5, 5.41) is 0. The number of rotatable bonds is 1. The van der Waals surface area contributed by atoms with Gasteiger partial charge in [0.1, 0.15) is 0 Å². The highest BCUT2D eigenvalue weighted by Crippen LogP contribution is 2.09. The van der Waals surface area contributed by atoms with E-state index in [2.05, 4.69) is 35.0 Å². The van der Waals surface area contributed by atoms with Gasteiger partial charge in [-0.15, -0.1) is 0 Å². The topological polar surface area (TPSA) is 0 Å². The van der Waals surface area contributed by atoms with E-state index in [1.807, 2.05) is 23.2 Å². The van der Waals surface area contributed by atoms with Crippen LogP contribution in [0.4, 0.5) is 0 Å². The van der Waals surface area contributed by atoms with Crippen molar-refractivity contribution in [3.8, 4) is 0 Å². The van der Waals surface area contributed by atoms with Crippen LogP contribution in [0.5, 0.6) is 0 Å². The molecule has 0 heterocycles. The Morgan fingerprint density at radius 1 is 1.30 bits per heavy atom. The molecule has 52 valence electrons. The van der Waals surface area contributed by atoms with Crippen LogP contribution in [0.25, 0.3) is 6.08 Å². The lowest BCUT2D eigenvalue weighted by molar-refractivity contribution is 1.45. The highest BCUT2D eigenvalue weighted by atomic mass is 79.9. The maximum Gasteiger partial charge on any atom is -0.0183 e. The van der Waals surface area contributed by atoms with Crippen LogP contribution >= 0.6 is 15.9 Å². The largest absolute Gasteiger partial charge is 0.0620 e. The molecular weight excluding hydrogens is 188 g/mol. The standard InChI is InChI=1S/C9H9Br/c1-8-4-2-3-5-9(8)6-7-10/h2-7H,1H3. The van der Waals surface area contributed by atoms with Crippen molar-refractivity contribution in [2.75, 3.05) is 0 Å². The summed E-state index contributed by atoms with van der Waals surface area (Å²) < 4.78 is 0. The Morgan fingerprint density at radius 2 is 2.00 bits per heavy atom. The summed E-state index contributed by atoms with van der Waals surface area (Å²) in [6.45, 7) is 2.10. The summed E-state index contributed by atoms with van der Waals surface area (Å²) in [5.74, 6) is 0. The third-order valence-electron chi connectivity index (χ3n) is 1.43. The molecule has 1 rings (SSSR count). The Kier molecular flexibility index (Phi) is 2.69. The number of aryl methyl sites for hydroxylation is 1. The van der Waals surface area contributed by atoms with Crippen LogP contribution in [-0.4, -0.2) is 0 Å². The fourth-order valence-corrected chi connectivity index (χ4v) is 1.13. The monoisotopic (exact) mass is 196 g/mol. The van der Waals surface area contributed by atoms with Crippen LogP contribution in [-0.2, 0) is 0 Å².